The Morgan fingerprint density at radius 2 is 2.05 bits per heavy atom. The molecule has 10 nitrogen and oxygen atoms in total. The average molecular weight is 521 g/mol. The van der Waals surface area contributed by atoms with Crippen LogP contribution in [0.3, 0.4) is 0 Å². The van der Waals surface area contributed by atoms with Crippen molar-refractivity contribution in [1.29, 1.82) is 10.8 Å². The van der Waals surface area contributed by atoms with Crippen molar-refractivity contribution in [3.05, 3.63) is 52.7 Å². The molecule has 1 unspecified atom stereocenters. The number of ether oxygens (including phenoxy) is 2. The summed E-state index contributed by atoms with van der Waals surface area (Å²) >= 11 is 0. The van der Waals surface area contributed by atoms with E-state index in [-0.39, 0.29) is 23.6 Å². The molecule has 0 spiro atoms. The highest BCUT2D eigenvalue weighted by Crippen LogP contribution is 2.30. The van der Waals surface area contributed by atoms with E-state index < -0.39 is 0 Å². The zero-order valence-electron chi connectivity index (χ0n) is 22.3. The summed E-state index contributed by atoms with van der Waals surface area (Å²) in [5, 5.41) is 19.6. The van der Waals surface area contributed by atoms with Gasteiger partial charge >= 0.3 is 0 Å². The Balaban J connectivity index is 1.53. The van der Waals surface area contributed by atoms with E-state index in [0.717, 1.165) is 24.0 Å². The number of amidine groups is 2. The standard InChI is InChI=1S/C28H36N6O4/c1-4-11-34(24(29)5-2)26(30)22-7-6-8-25(31-22)32-27(35)21-14-20-16-33(28(36)19-10-13-38-17-19)12-9-18(20)15-23(21)37-3/h6-8,14-15,19,29-30H,4-5,9-13,16-17H2,1-3H3,(H,31,32,35). The van der Waals surface area contributed by atoms with Gasteiger partial charge in [-0.05, 0) is 54.7 Å². The zero-order chi connectivity index (χ0) is 27.2. The first-order valence-corrected chi connectivity index (χ1v) is 13.1. The predicted octanol–water partition coefficient (Wildman–Crippen LogP) is 3.69. The maximum Gasteiger partial charge on any atom is 0.260 e. The van der Waals surface area contributed by atoms with Gasteiger partial charge in [-0.15, -0.1) is 0 Å². The van der Waals surface area contributed by atoms with Crippen LogP contribution in [0.2, 0.25) is 0 Å². The molecule has 202 valence electrons. The molecule has 2 aliphatic heterocycles. The third kappa shape index (κ3) is 5.85. The Morgan fingerprint density at radius 1 is 1.24 bits per heavy atom. The van der Waals surface area contributed by atoms with Crippen LogP contribution in [-0.2, 0) is 22.5 Å². The number of fused-ring (bicyclic) bond motifs is 1. The summed E-state index contributed by atoms with van der Waals surface area (Å²) in [5.41, 5.74) is 2.71. The van der Waals surface area contributed by atoms with Gasteiger partial charge in [0.25, 0.3) is 5.91 Å². The number of rotatable bonds is 8. The summed E-state index contributed by atoms with van der Waals surface area (Å²) in [5.74, 6) is 0.850. The summed E-state index contributed by atoms with van der Waals surface area (Å²) in [6, 6.07) is 8.77. The molecule has 0 saturated carbocycles. The molecule has 38 heavy (non-hydrogen) atoms. The molecule has 1 atom stereocenters. The van der Waals surface area contributed by atoms with Gasteiger partial charge < -0.3 is 24.6 Å². The minimum absolute atomic E-state index is 0.0936. The van der Waals surface area contributed by atoms with E-state index in [2.05, 4.69) is 10.3 Å². The number of carbonyl (C=O) groups excluding carboxylic acids is 2. The van der Waals surface area contributed by atoms with Crippen LogP contribution >= 0.6 is 0 Å². The number of methoxy groups -OCH3 is 1. The number of nitrogens with zero attached hydrogens (tertiary/aromatic N) is 3. The molecule has 4 rings (SSSR count). The molecule has 3 heterocycles. The van der Waals surface area contributed by atoms with E-state index in [1.54, 1.807) is 29.2 Å². The molecule has 2 amide bonds. The number of aromatic nitrogens is 1. The molecule has 0 radical (unpaired) electrons. The Hall–Kier alpha value is -3.79. The van der Waals surface area contributed by atoms with Crippen LogP contribution in [0.5, 0.6) is 5.75 Å². The third-order valence-corrected chi connectivity index (χ3v) is 6.98. The Labute approximate surface area is 223 Å². The fraction of sp³-hybridized carbons (Fsp3) is 0.464. The van der Waals surface area contributed by atoms with E-state index in [1.807, 2.05) is 24.8 Å². The first-order chi connectivity index (χ1) is 18.4. The summed E-state index contributed by atoms with van der Waals surface area (Å²) in [7, 11) is 1.53. The number of nitrogens with one attached hydrogen (secondary N) is 3. The summed E-state index contributed by atoms with van der Waals surface area (Å²) in [6.45, 7) is 6.58. The lowest BCUT2D eigenvalue weighted by molar-refractivity contribution is -0.136. The molecule has 2 aromatic rings. The van der Waals surface area contributed by atoms with Crippen LogP contribution in [-0.4, -0.2) is 71.7 Å². The van der Waals surface area contributed by atoms with E-state index >= 15 is 0 Å². The van der Waals surface area contributed by atoms with Crippen molar-refractivity contribution in [2.24, 2.45) is 5.92 Å². The fourth-order valence-electron chi connectivity index (χ4n) is 4.86. The summed E-state index contributed by atoms with van der Waals surface area (Å²) < 4.78 is 10.9. The van der Waals surface area contributed by atoms with Crippen molar-refractivity contribution in [3.8, 4) is 5.75 Å². The number of hydrogen-bond acceptors (Lipinski definition) is 7. The largest absolute Gasteiger partial charge is 0.496 e. The van der Waals surface area contributed by atoms with Crippen LogP contribution in [0.15, 0.2) is 30.3 Å². The van der Waals surface area contributed by atoms with Gasteiger partial charge in [0.05, 0.1) is 25.2 Å². The van der Waals surface area contributed by atoms with Crippen molar-refractivity contribution in [2.75, 3.05) is 38.7 Å². The lowest BCUT2D eigenvalue weighted by Crippen LogP contribution is -2.40. The Kier molecular flexibility index (Phi) is 8.73. The number of pyridine rings is 1. The Bertz CT molecular complexity index is 1220. The van der Waals surface area contributed by atoms with Gasteiger partial charge in [0, 0.05) is 32.7 Å². The molecular formula is C28H36N6O4. The monoisotopic (exact) mass is 520 g/mol. The normalized spacial score (nSPS) is 16.5. The third-order valence-electron chi connectivity index (χ3n) is 6.98. The molecule has 1 fully saturated rings. The SMILES string of the molecule is CCCN(C(=N)CC)C(=N)c1cccc(NC(=O)c2cc3c(cc2OC)CCN(C(=O)C2CCOC2)C3)n1. The van der Waals surface area contributed by atoms with Crippen molar-refractivity contribution in [3.63, 3.8) is 0 Å². The zero-order valence-corrected chi connectivity index (χ0v) is 22.3. The van der Waals surface area contributed by atoms with Crippen LogP contribution < -0.4 is 10.1 Å². The number of benzene rings is 1. The maximum absolute atomic E-state index is 13.3. The smallest absolute Gasteiger partial charge is 0.260 e. The van der Waals surface area contributed by atoms with Crippen LogP contribution in [0.25, 0.3) is 0 Å². The maximum atomic E-state index is 13.3. The second kappa shape index (κ2) is 12.2. The van der Waals surface area contributed by atoms with Gasteiger partial charge in [-0.1, -0.05) is 19.9 Å². The second-order valence-electron chi connectivity index (χ2n) is 9.55. The molecule has 1 aromatic carbocycles. The van der Waals surface area contributed by atoms with Gasteiger partial charge in [-0.3, -0.25) is 20.4 Å². The molecule has 1 aromatic heterocycles. The second-order valence-corrected chi connectivity index (χ2v) is 9.55. The predicted molar refractivity (Wildman–Crippen MR) is 145 cm³/mol. The fourth-order valence-corrected chi connectivity index (χ4v) is 4.86. The highest BCUT2D eigenvalue weighted by atomic mass is 16.5. The number of amides is 2. The van der Waals surface area contributed by atoms with Gasteiger partial charge in [0.1, 0.15) is 23.1 Å². The molecule has 1 saturated heterocycles. The minimum atomic E-state index is -0.389. The van der Waals surface area contributed by atoms with Crippen molar-refractivity contribution in [2.45, 2.75) is 46.1 Å². The highest BCUT2D eigenvalue weighted by molar-refractivity contribution is 6.08. The van der Waals surface area contributed by atoms with E-state index in [1.165, 1.54) is 7.11 Å². The van der Waals surface area contributed by atoms with E-state index in [0.29, 0.717) is 74.4 Å². The van der Waals surface area contributed by atoms with Gasteiger partial charge in [-0.25, -0.2) is 4.98 Å². The van der Waals surface area contributed by atoms with E-state index in [9.17, 15) is 9.59 Å². The van der Waals surface area contributed by atoms with Crippen LogP contribution in [0, 0.1) is 16.7 Å². The number of carbonyl (C=O) groups is 2. The first-order valence-electron chi connectivity index (χ1n) is 13.1. The minimum Gasteiger partial charge on any atom is -0.496 e. The molecule has 2 aliphatic rings. The van der Waals surface area contributed by atoms with Gasteiger partial charge in [0.15, 0.2) is 5.84 Å². The highest BCUT2D eigenvalue weighted by Gasteiger charge is 2.31. The summed E-state index contributed by atoms with van der Waals surface area (Å²) in [6.07, 6.45) is 2.74. The molecule has 3 N–H and O–H groups in total. The molecule has 0 aliphatic carbocycles. The first kappa shape index (κ1) is 27.3. The number of hydrogen-bond donors (Lipinski definition) is 3. The van der Waals surface area contributed by atoms with Gasteiger partial charge in [0.2, 0.25) is 5.91 Å². The van der Waals surface area contributed by atoms with Crippen molar-refractivity contribution >= 4 is 29.3 Å². The van der Waals surface area contributed by atoms with Crippen LogP contribution in [0.4, 0.5) is 5.82 Å². The van der Waals surface area contributed by atoms with Crippen LogP contribution in [0.1, 0.15) is 60.3 Å². The van der Waals surface area contributed by atoms with Crippen molar-refractivity contribution < 1.29 is 19.1 Å². The Morgan fingerprint density at radius 3 is 2.74 bits per heavy atom. The number of anilines is 1. The lowest BCUT2D eigenvalue weighted by atomic mass is 9.95. The van der Waals surface area contributed by atoms with E-state index in [4.69, 9.17) is 20.3 Å². The molecular weight excluding hydrogens is 484 g/mol. The quantitative estimate of drug-likeness (QED) is 0.359. The summed E-state index contributed by atoms with van der Waals surface area (Å²) in [4.78, 5) is 34.2. The van der Waals surface area contributed by atoms with Gasteiger partial charge in [-0.2, -0.15) is 0 Å². The topological polar surface area (TPSA) is 132 Å². The van der Waals surface area contributed by atoms with Crippen molar-refractivity contribution in [1.82, 2.24) is 14.8 Å². The average Bonchev–Trinajstić information content (AvgIpc) is 3.49. The molecule has 10 heteroatoms. The molecule has 0 bridgehead atoms. The lowest BCUT2D eigenvalue weighted by Gasteiger charge is -2.31.